The van der Waals surface area contributed by atoms with Gasteiger partial charge in [-0.25, -0.2) is 15.0 Å². The highest BCUT2D eigenvalue weighted by molar-refractivity contribution is 5.94. The average Bonchev–Trinajstić information content (AvgIpc) is 2.63. The fraction of sp³-hybridized carbons (Fsp3) is 0.0588. The van der Waals surface area contributed by atoms with Crippen LogP contribution in [0.1, 0.15) is 10.4 Å². The molecule has 1 amide bonds. The molecule has 114 valence electrons. The van der Waals surface area contributed by atoms with Crippen LogP contribution in [0.2, 0.25) is 0 Å². The van der Waals surface area contributed by atoms with Crippen molar-refractivity contribution >= 4 is 11.7 Å². The first-order valence-electron chi connectivity index (χ1n) is 7.07. The summed E-state index contributed by atoms with van der Waals surface area (Å²) in [7, 11) is 1.72. The van der Waals surface area contributed by atoms with Crippen LogP contribution in [0.3, 0.4) is 0 Å². The highest BCUT2D eigenvalue weighted by Gasteiger charge is 2.11. The zero-order valence-corrected chi connectivity index (χ0v) is 12.5. The second-order valence-corrected chi connectivity index (χ2v) is 4.85. The number of carbonyl (C=O) groups is 1. The van der Waals surface area contributed by atoms with Crippen molar-refractivity contribution in [2.75, 3.05) is 12.1 Å². The quantitative estimate of drug-likeness (QED) is 0.749. The first kappa shape index (κ1) is 14.6. The molecule has 3 aromatic rings. The van der Waals surface area contributed by atoms with E-state index in [1.807, 2.05) is 42.5 Å². The van der Waals surface area contributed by atoms with E-state index in [2.05, 4.69) is 20.4 Å². The molecule has 0 fully saturated rings. The Morgan fingerprint density at radius 2 is 1.65 bits per heavy atom. The molecule has 1 aromatic carbocycles. The van der Waals surface area contributed by atoms with Crippen LogP contribution < -0.4 is 10.4 Å². The Balaban J connectivity index is 1.71. The Hall–Kier alpha value is -3.28. The van der Waals surface area contributed by atoms with E-state index >= 15 is 0 Å². The van der Waals surface area contributed by atoms with Gasteiger partial charge in [0, 0.05) is 31.2 Å². The highest BCUT2D eigenvalue weighted by atomic mass is 16.2. The smallest absolute Gasteiger partial charge is 0.271 e. The minimum atomic E-state index is -0.294. The topological polar surface area (TPSA) is 71.0 Å². The van der Waals surface area contributed by atoms with Gasteiger partial charge in [0.25, 0.3) is 5.91 Å². The molecule has 0 aliphatic heterocycles. The SMILES string of the molecule is CN(NC(=O)c1cnc(-c2ccccc2)nc1)c1ccccn1. The molecule has 1 N–H and O–H groups in total. The molecule has 3 rings (SSSR count). The summed E-state index contributed by atoms with van der Waals surface area (Å²) in [5.41, 5.74) is 4.01. The van der Waals surface area contributed by atoms with Crippen molar-refractivity contribution in [2.24, 2.45) is 0 Å². The van der Waals surface area contributed by atoms with Crippen LogP contribution in [0, 0.1) is 0 Å². The third-order valence-corrected chi connectivity index (χ3v) is 3.21. The molecular weight excluding hydrogens is 290 g/mol. The molecule has 23 heavy (non-hydrogen) atoms. The zero-order chi connectivity index (χ0) is 16.1. The van der Waals surface area contributed by atoms with Gasteiger partial charge in [0.1, 0.15) is 5.82 Å². The largest absolute Gasteiger partial charge is 0.272 e. The number of carbonyl (C=O) groups excluding carboxylic acids is 1. The molecule has 2 heterocycles. The Morgan fingerprint density at radius 1 is 0.957 bits per heavy atom. The standard InChI is InChI=1S/C17H15N5O/c1-22(15-9-5-6-10-18-15)21-17(23)14-11-19-16(20-12-14)13-7-3-2-4-8-13/h2-12H,1H3,(H,21,23). The van der Waals surface area contributed by atoms with Gasteiger partial charge in [0.05, 0.1) is 5.56 Å². The molecule has 0 aliphatic carbocycles. The highest BCUT2D eigenvalue weighted by Crippen LogP contribution is 2.13. The summed E-state index contributed by atoms with van der Waals surface area (Å²) in [5.74, 6) is 0.931. The summed E-state index contributed by atoms with van der Waals surface area (Å²) < 4.78 is 0. The maximum atomic E-state index is 12.2. The van der Waals surface area contributed by atoms with Crippen molar-refractivity contribution < 1.29 is 4.79 Å². The molecule has 0 bridgehead atoms. The minimum absolute atomic E-state index is 0.294. The minimum Gasteiger partial charge on any atom is -0.271 e. The van der Waals surface area contributed by atoms with E-state index < -0.39 is 0 Å². The number of benzene rings is 1. The van der Waals surface area contributed by atoms with Crippen LogP contribution in [-0.4, -0.2) is 27.9 Å². The van der Waals surface area contributed by atoms with Crippen molar-refractivity contribution in [3.63, 3.8) is 0 Å². The number of hydrazine groups is 1. The summed E-state index contributed by atoms with van der Waals surface area (Å²) in [6, 6.07) is 15.1. The van der Waals surface area contributed by atoms with Crippen LogP contribution in [0.4, 0.5) is 5.82 Å². The monoisotopic (exact) mass is 305 g/mol. The van der Waals surface area contributed by atoms with Gasteiger partial charge in [0.15, 0.2) is 5.82 Å². The van der Waals surface area contributed by atoms with Gasteiger partial charge in [-0.05, 0) is 12.1 Å². The lowest BCUT2D eigenvalue weighted by atomic mass is 10.2. The second-order valence-electron chi connectivity index (χ2n) is 4.85. The molecule has 0 spiro atoms. The molecule has 0 saturated carbocycles. The molecule has 0 atom stereocenters. The Bertz CT molecular complexity index is 775. The fourth-order valence-corrected chi connectivity index (χ4v) is 2.01. The average molecular weight is 305 g/mol. The predicted octanol–water partition coefficient (Wildman–Crippen LogP) is 2.32. The summed E-state index contributed by atoms with van der Waals surface area (Å²) in [6.07, 6.45) is 4.68. The van der Waals surface area contributed by atoms with Crippen molar-refractivity contribution in [2.45, 2.75) is 0 Å². The number of hydrogen-bond acceptors (Lipinski definition) is 5. The zero-order valence-electron chi connectivity index (χ0n) is 12.5. The van der Waals surface area contributed by atoms with Gasteiger partial charge in [0.2, 0.25) is 0 Å². The molecule has 0 unspecified atom stereocenters. The second kappa shape index (κ2) is 6.65. The van der Waals surface area contributed by atoms with Crippen LogP contribution in [0.25, 0.3) is 11.4 Å². The molecule has 0 saturated heterocycles. The van der Waals surface area contributed by atoms with Crippen LogP contribution in [0.5, 0.6) is 0 Å². The van der Waals surface area contributed by atoms with Crippen molar-refractivity contribution in [3.8, 4) is 11.4 Å². The molecule has 6 heteroatoms. The lowest BCUT2D eigenvalue weighted by molar-refractivity contribution is 0.0950. The first-order chi connectivity index (χ1) is 11.2. The summed E-state index contributed by atoms with van der Waals surface area (Å²) >= 11 is 0. The summed E-state index contributed by atoms with van der Waals surface area (Å²) in [5, 5.41) is 1.55. The summed E-state index contributed by atoms with van der Waals surface area (Å²) in [4.78, 5) is 24.9. The maximum absolute atomic E-state index is 12.2. The van der Waals surface area contributed by atoms with Crippen molar-refractivity contribution in [3.05, 3.63) is 72.7 Å². The Labute approximate surface area is 133 Å². The summed E-state index contributed by atoms with van der Waals surface area (Å²) in [6.45, 7) is 0. The number of pyridine rings is 1. The number of aromatic nitrogens is 3. The number of rotatable bonds is 4. The van der Waals surface area contributed by atoms with E-state index in [-0.39, 0.29) is 5.91 Å². The molecular formula is C17H15N5O. The lowest BCUT2D eigenvalue weighted by Gasteiger charge is -2.18. The number of nitrogens with one attached hydrogen (secondary N) is 1. The van der Waals surface area contributed by atoms with Gasteiger partial charge >= 0.3 is 0 Å². The van der Waals surface area contributed by atoms with Gasteiger partial charge in [-0.2, -0.15) is 0 Å². The number of anilines is 1. The maximum Gasteiger partial charge on any atom is 0.272 e. The first-order valence-corrected chi connectivity index (χ1v) is 7.07. The number of amides is 1. The number of nitrogens with zero attached hydrogens (tertiary/aromatic N) is 4. The van der Waals surface area contributed by atoms with Crippen molar-refractivity contribution in [1.29, 1.82) is 0 Å². The molecule has 0 radical (unpaired) electrons. The van der Waals surface area contributed by atoms with E-state index in [1.54, 1.807) is 24.3 Å². The van der Waals surface area contributed by atoms with E-state index in [0.29, 0.717) is 17.2 Å². The van der Waals surface area contributed by atoms with E-state index in [0.717, 1.165) is 5.56 Å². The van der Waals surface area contributed by atoms with E-state index in [9.17, 15) is 4.79 Å². The van der Waals surface area contributed by atoms with Crippen molar-refractivity contribution in [1.82, 2.24) is 20.4 Å². The van der Waals surface area contributed by atoms with Crippen LogP contribution in [-0.2, 0) is 0 Å². The van der Waals surface area contributed by atoms with Gasteiger partial charge in [-0.15, -0.1) is 0 Å². The predicted molar refractivity (Wildman–Crippen MR) is 87.6 cm³/mol. The fourth-order valence-electron chi connectivity index (χ4n) is 2.01. The van der Waals surface area contributed by atoms with Gasteiger partial charge < -0.3 is 0 Å². The lowest BCUT2D eigenvalue weighted by Crippen LogP contribution is -2.39. The van der Waals surface area contributed by atoms with E-state index in [1.165, 1.54) is 12.4 Å². The van der Waals surface area contributed by atoms with Crippen LogP contribution >= 0.6 is 0 Å². The molecule has 0 aliphatic rings. The van der Waals surface area contributed by atoms with E-state index in [4.69, 9.17) is 0 Å². The third-order valence-electron chi connectivity index (χ3n) is 3.21. The normalized spacial score (nSPS) is 10.1. The van der Waals surface area contributed by atoms with Crippen LogP contribution in [0.15, 0.2) is 67.1 Å². The number of hydrogen-bond donors (Lipinski definition) is 1. The van der Waals surface area contributed by atoms with Gasteiger partial charge in [-0.1, -0.05) is 36.4 Å². The molecule has 6 nitrogen and oxygen atoms in total. The Morgan fingerprint density at radius 3 is 2.30 bits per heavy atom. The Kier molecular flexibility index (Phi) is 4.24. The molecule has 2 aromatic heterocycles. The van der Waals surface area contributed by atoms with Gasteiger partial charge in [-0.3, -0.25) is 15.2 Å². The third kappa shape index (κ3) is 3.49.